The third kappa shape index (κ3) is 3.44. The molecule has 0 aromatic heterocycles. The first-order valence-corrected chi connectivity index (χ1v) is 8.40. The largest absolute Gasteiger partial charge is 0.494 e. The molecule has 1 aliphatic heterocycles. The van der Waals surface area contributed by atoms with Crippen LogP contribution in [0.25, 0.3) is 6.08 Å². The Balaban J connectivity index is 2.07. The molecule has 0 saturated carbocycles. The van der Waals surface area contributed by atoms with Crippen molar-refractivity contribution in [2.24, 2.45) is 5.73 Å². The maximum absolute atomic E-state index is 12.7. The molecule has 6 nitrogen and oxygen atoms in total. The lowest BCUT2D eigenvalue weighted by Crippen LogP contribution is -2.44. The first-order chi connectivity index (χ1) is 13.1. The first-order valence-electron chi connectivity index (χ1n) is 8.40. The number of carbonyl (C=O) groups excluding carboxylic acids is 1. The minimum Gasteiger partial charge on any atom is -0.494 e. The van der Waals surface area contributed by atoms with Gasteiger partial charge in [0.2, 0.25) is 0 Å². The van der Waals surface area contributed by atoms with Gasteiger partial charge in [0.05, 0.1) is 18.0 Å². The second-order valence-electron chi connectivity index (χ2n) is 5.79. The van der Waals surface area contributed by atoms with Gasteiger partial charge < -0.3 is 10.5 Å². The molecule has 134 valence electrons. The smallest absolute Gasteiger partial charge is 0.276 e. The van der Waals surface area contributed by atoms with Gasteiger partial charge >= 0.3 is 0 Å². The number of anilines is 1. The van der Waals surface area contributed by atoms with Crippen molar-refractivity contribution in [2.75, 3.05) is 11.5 Å². The second kappa shape index (κ2) is 7.58. The van der Waals surface area contributed by atoms with Crippen LogP contribution in [0.15, 0.2) is 71.4 Å². The Hall–Kier alpha value is -3.85. The van der Waals surface area contributed by atoms with Gasteiger partial charge in [-0.05, 0) is 42.8 Å². The minimum absolute atomic E-state index is 0.00793. The number of nitrogens with one attached hydrogen (secondary N) is 1. The molecule has 6 heteroatoms. The van der Waals surface area contributed by atoms with Crippen molar-refractivity contribution in [2.45, 2.75) is 6.92 Å². The Bertz CT molecular complexity index is 983. The molecule has 0 aliphatic carbocycles. The Labute approximate surface area is 157 Å². The summed E-state index contributed by atoms with van der Waals surface area (Å²) in [4.78, 5) is 13.9. The van der Waals surface area contributed by atoms with Gasteiger partial charge in [-0.1, -0.05) is 30.3 Å². The SMILES string of the molecule is CCOc1ccc(/C=C2/C(=N)N(c3ccccc3)C(=O)C(C#N)=C2N)cc1. The maximum Gasteiger partial charge on any atom is 0.276 e. The van der Waals surface area contributed by atoms with Gasteiger partial charge in [0.1, 0.15) is 23.2 Å². The number of benzene rings is 2. The molecular formula is C21H18N4O2. The monoisotopic (exact) mass is 358 g/mol. The predicted octanol–water partition coefficient (Wildman–Crippen LogP) is 3.23. The highest BCUT2D eigenvalue weighted by Gasteiger charge is 2.34. The van der Waals surface area contributed by atoms with Crippen LogP contribution in [-0.4, -0.2) is 18.3 Å². The number of ether oxygens (including phenoxy) is 1. The van der Waals surface area contributed by atoms with Crippen LogP contribution in [0.3, 0.4) is 0 Å². The Morgan fingerprint density at radius 3 is 2.44 bits per heavy atom. The van der Waals surface area contributed by atoms with Crippen LogP contribution in [0, 0.1) is 16.7 Å². The molecule has 1 heterocycles. The van der Waals surface area contributed by atoms with E-state index in [2.05, 4.69) is 0 Å². The van der Waals surface area contributed by atoms with E-state index in [-0.39, 0.29) is 17.1 Å². The van der Waals surface area contributed by atoms with E-state index in [0.717, 1.165) is 11.3 Å². The first kappa shape index (κ1) is 18.0. The Kier molecular flexibility index (Phi) is 5.04. The van der Waals surface area contributed by atoms with Crippen LogP contribution in [0.4, 0.5) is 5.69 Å². The van der Waals surface area contributed by atoms with Crippen molar-refractivity contribution >= 4 is 23.5 Å². The summed E-state index contributed by atoms with van der Waals surface area (Å²) in [6.45, 7) is 2.48. The van der Waals surface area contributed by atoms with E-state index in [4.69, 9.17) is 15.9 Å². The second-order valence-corrected chi connectivity index (χ2v) is 5.79. The van der Waals surface area contributed by atoms with Crippen LogP contribution in [0.2, 0.25) is 0 Å². The summed E-state index contributed by atoms with van der Waals surface area (Å²) in [5, 5.41) is 17.9. The van der Waals surface area contributed by atoms with E-state index >= 15 is 0 Å². The number of carbonyl (C=O) groups is 1. The lowest BCUT2D eigenvalue weighted by Gasteiger charge is -2.29. The standard InChI is InChI=1S/C21H18N4O2/c1-2-27-16-10-8-14(9-11-16)12-17-19(23)18(13-22)21(26)25(20(17)24)15-6-4-3-5-7-15/h3-12,24H,2,23H2,1H3/b17-12+,24-20?. The van der Waals surface area contributed by atoms with E-state index in [0.29, 0.717) is 17.9 Å². The number of nitrogens with two attached hydrogens (primary N) is 1. The summed E-state index contributed by atoms with van der Waals surface area (Å²) in [7, 11) is 0. The van der Waals surface area contributed by atoms with Crippen molar-refractivity contribution in [1.82, 2.24) is 0 Å². The van der Waals surface area contributed by atoms with Crippen LogP contribution in [0.5, 0.6) is 5.75 Å². The molecular weight excluding hydrogens is 340 g/mol. The molecule has 2 aromatic carbocycles. The fraction of sp³-hybridized carbons (Fsp3) is 0.0952. The highest BCUT2D eigenvalue weighted by molar-refractivity contribution is 6.33. The number of rotatable bonds is 4. The van der Waals surface area contributed by atoms with Gasteiger partial charge in [0.15, 0.2) is 0 Å². The van der Waals surface area contributed by atoms with Crippen LogP contribution in [0.1, 0.15) is 12.5 Å². The molecule has 0 saturated heterocycles. The predicted molar refractivity (Wildman–Crippen MR) is 104 cm³/mol. The molecule has 3 rings (SSSR count). The van der Waals surface area contributed by atoms with Crippen molar-refractivity contribution in [1.29, 1.82) is 10.7 Å². The molecule has 0 unspecified atom stereocenters. The van der Waals surface area contributed by atoms with E-state index in [1.54, 1.807) is 30.3 Å². The lowest BCUT2D eigenvalue weighted by molar-refractivity contribution is -0.114. The van der Waals surface area contributed by atoms with Gasteiger partial charge in [0, 0.05) is 5.57 Å². The van der Waals surface area contributed by atoms with Crippen LogP contribution in [-0.2, 0) is 4.79 Å². The summed E-state index contributed by atoms with van der Waals surface area (Å²) in [5.74, 6) is 0.0623. The summed E-state index contributed by atoms with van der Waals surface area (Å²) in [6.07, 6.45) is 1.69. The van der Waals surface area contributed by atoms with Crippen molar-refractivity contribution in [3.63, 3.8) is 0 Å². The number of amides is 1. The maximum atomic E-state index is 12.7. The number of hydrogen-bond donors (Lipinski definition) is 2. The van der Waals surface area contributed by atoms with Crippen molar-refractivity contribution in [3.8, 4) is 11.8 Å². The zero-order valence-electron chi connectivity index (χ0n) is 14.8. The highest BCUT2D eigenvalue weighted by atomic mass is 16.5. The molecule has 0 atom stereocenters. The Morgan fingerprint density at radius 2 is 1.85 bits per heavy atom. The third-order valence-corrected chi connectivity index (χ3v) is 4.08. The molecule has 2 aromatic rings. The molecule has 1 amide bonds. The average molecular weight is 358 g/mol. The quantitative estimate of drug-likeness (QED) is 0.875. The van der Waals surface area contributed by atoms with Gasteiger partial charge in [-0.3, -0.25) is 15.1 Å². The summed E-state index contributed by atoms with van der Waals surface area (Å²) in [5.41, 5.74) is 7.49. The zero-order chi connectivity index (χ0) is 19.4. The number of nitrogens with zero attached hydrogens (tertiary/aromatic N) is 2. The molecule has 0 bridgehead atoms. The molecule has 0 radical (unpaired) electrons. The van der Waals surface area contributed by atoms with Crippen molar-refractivity contribution < 1.29 is 9.53 Å². The van der Waals surface area contributed by atoms with Gasteiger partial charge in [-0.25, -0.2) is 0 Å². The van der Waals surface area contributed by atoms with Crippen LogP contribution >= 0.6 is 0 Å². The number of amidine groups is 1. The molecule has 27 heavy (non-hydrogen) atoms. The molecule has 3 N–H and O–H groups in total. The van der Waals surface area contributed by atoms with Gasteiger partial charge in [-0.2, -0.15) is 5.26 Å². The normalized spacial score (nSPS) is 15.9. The molecule has 0 fully saturated rings. The van der Waals surface area contributed by atoms with Crippen molar-refractivity contribution in [3.05, 3.63) is 77.0 Å². The summed E-state index contributed by atoms with van der Waals surface area (Å²) in [6, 6.07) is 17.9. The molecule has 0 spiro atoms. The third-order valence-electron chi connectivity index (χ3n) is 4.08. The summed E-state index contributed by atoms with van der Waals surface area (Å²) < 4.78 is 5.42. The fourth-order valence-corrected chi connectivity index (χ4v) is 2.78. The number of hydrogen-bond acceptors (Lipinski definition) is 5. The number of para-hydroxylation sites is 1. The van der Waals surface area contributed by atoms with Crippen LogP contribution < -0.4 is 15.4 Å². The molecule has 1 aliphatic rings. The lowest BCUT2D eigenvalue weighted by atomic mass is 9.97. The van der Waals surface area contributed by atoms with E-state index < -0.39 is 5.91 Å². The van der Waals surface area contributed by atoms with E-state index in [9.17, 15) is 10.1 Å². The zero-order valence-corrected chi connectivity index (χ0v) is 14.8. The topological polar surface area (TPSA) is 103 Å². The van der Waals surface area contributed by atoms with Gasteiger partial charge in [0.25, 0.3) is 5.91 Å². The summed E-state index contributed by atoms with van der Waals surface area (Å²) >= 11 is 0. The highest BCUT2D eigenvalue weighted by Crippen LogP contribution is 2.29. The number of nitriles is 1. The minimum atomic E-state index is -0.602. The Morgan fingerprint density at radius 1 is 1.19 bits per heavy atom. The van der Waals surface area contributed by atoms with Gasteiger partial charge in [-0.15, -0.1) is 0 Å². The average Bonchev–Trinajstić information content (AvgIpc) is 2.68. The van der Waals surface area contributed by atoms with E-state index in [1.165, 1.54) is 4.90 Å². The fourth-order valence-electron chi connectivity index (χ4n) is 2.78. The van der Waals surface area contributed by atoms with E-state index in [1.807, 2.05) is 43.3 Å².